The summed E-state index contributed by atoms with van der Waals surface area (Å²) in [5, 5.41) is 6.55. The Morgan fingerprint density at radius 1 is 1.12 bits per heavy atom. The fourth-order valence-electron chi connectivity index (χ4n) is 2.60. The topological polar surface area (TPSA) is 70.5 Å². The van der Waals surface area contributed by atoms with Crippen molar-refractivity contribution < 1.29 is 0 Å². The van der Waals surface area contributed by atoms with Crippen LogP contribution in [0.2, 0.25) is 0 Å². The fourth-order valence-corrected chi connectivity index (χ4v) is 3.49. The van der Waals surface area contributed by atoms with Crippen LogP contribution in [0.15, 0.2) is 85.0 Å². The maximum absolute atomic E-state index is 5.60. The summed E-state index contributed by atoms with van der Waals surface area (Å²) in [5.74, 6) is 9.05. The Labute approximate surface area is 203 Å². The van der Waals surface area contributed by atoms with Crippen LogP contribution in [-0.4, -0.2) is 33.1 Å². The lowest BCUT2D eigenvalue weighted by Gasteiger charge is -2.13. The molecule has 3 aromatic rings. The molecule has 5 nitrogen and oxygen atoms in total. The van der Waals surface area contributed by atoms with Gasteiger partial charge < -0.3 is 21.0 Å². The quantitative estimate of drug-likeness (QED) is 0.159. The van der Waals surface area contributed by atoms with Gasteiger partial charge in [0, 0.05) is 38.6 Å². The number of nitrogen functional groups attached to an aromatic ring is 1. The Morgan fingerprint density at radius 2 is 1.82 bits per heavy atom. The van der Waals surface area contributed by atoms with Gasteiger partial charge in [-0.15, -0.1) is 24.3 Å². The fraction of sp³-hybridized carbons (Fsp3) is 0.185. The molecule has 0 saturated carbocycles. The number of thiophene rings is 1. The number of nitrogens with two attached hydrogens (primary N) is 2. The molecule has 2 aromatic carbocycles. The minimum Gasteiger partial charge on any atom is -0.397 e. The Balaban J connectivity index is 0.000000275. The lowest BCUT2D eigenvalue weighted by molar-refractivity contribution is 0.479. The molecule has 1 heterocycles. The normalized spacial score (nSPS) is 9.21. The number of hydrogen-bond donors (Lipinski definition) is 3. The predicted octanol–water partition coefficient (Wildman–Crippen LogP) is 4.94. The molecule has 0 unspecified atom stereocenters. The van der Waals surface area contributed by atoms with Gasteiger partial charge >= 0.3 is 0 Å². The summed E-state index contributed by atoms with van der Waals surface area (Å²) in [7, 11) is 7.49. The van der Waals surface area contributed by atoms with Crippen molar-refractivity contribution in [2.24, 2.45) is 5.84 Å². The van der Waals surface area contributed by atoms with Crippen molar-refractivity contribution in [1.29, 1.82) is 0 Å². The van der Waals surface area contributed by atoms with E-state index in [1.165, 1.54) is 21.0 Å². The maximum Gasteiger partial charge on any atom is 0.0930 e. The standard InChI is InChI=1S/C15H12S.C7H11N3.C5H12N2/c1-3-6-15-10-14(11-16-15)13-8-5-7-12(4-2)9-13;1-10(9)7-5-3-2-4-6(7)8;1-5(6-2)7(3)4/h2-3,5,7-11H,1,6H2;2-5H,8-9H2,1H3;6H,1H2,2-4H3. The minimum atomic E-state index is 0.701. The molecule has 33 heavy (non-hydrogen) atoms. The number of benzene rings is 2. The lowest BCUT2D eigenvalue weighted by Crippen LogP contribution is -2.25. The van der Waals surface area contributed by atoms with Gasteiger partial charge in [0.2, 0.25) is 0 Å². The summed E-state index contributed by atoms with van der Waals surface area (Å²) in [6.07, 6.45) is 8.24. The van der Waals surface area contributed by atoms with Crippen molar-refractivity contribution in [2.45, 2.75) is 6.42 Å². The molecule has 0 aliphatic heterocycles. The summed E-state index contributed by atoms with van der Waals surface area (Å²) in [4.78, 5) is 3.25. The lowest BCUT2D eigenvalue weighted by atomic mass is 10.1. The van der Waals surface area contributed by atoms with Crippen LogP contribution in [0.3, 0.4) is 0 Å². The third kappa shape index (κ3) is 9.56. The second kappa shape index (κ2) is 14.4. The molecule has 6 heteroatoms. The van der Waals surface area contributed by atoms with E-state index in [1.807, 2.05) is 74.6 Å². The SMILES string of the molecule is C#Cc1cccc(-c2csc(CC=C)c2)c1.C=C(NC)N(C)C.CN(N)c1ccccc1N. The van der Waals surface area contributed by atoms with E-state index < -0.39 is 0 Å². The van der Waals surface area contributed by atoms with Crippen LogP contribution >= 0.6 is 11.3 Å². The van der Waals surface area contributed by atoms with Gasteiger partial charge in [-0.05, 0) is 53.3 Å². The molecule has 3 rings (SSSR count). The van der Waals surface area contributed by atoms with Crippen LogP contribution in [0.25, 0.3) is 11.1 Å². The molecule has 0 saturated heterocycles. The molecule has 0 atom stereocenters. The van der Waals surface area contributed by atoms with Crippen molar-refractivity contribution in [3.05, 3.63) is 95.5 Å². The van der Waals surface area contributed by atoms with Crippen molar-refractivity contribution in [3.63, 3.8) is 0 Å². The Hall–Kier alpha value is -3.66. The second-order valence-electron chi connectivity index (χ2n) is 7.28. The number of nitrogens with zero attached hydrogens (tertiary/aromatic N) is 2. The number of terminal acetylenes is 1. The molecule has 0 aliphatic carbocycles. The molecule has 1 aromatic heterocycles. The van der Waals surface area contributed by atoms with Crippen molar-refractivity contribution in [1.82, 2.24) is 10.2 Å². The highest BCUT2D eigenvalue weighted by atomic mass is 32.1. The second-order valence-corrected chi connectivity index (χ2v) is 8.28. The van der Waals surface area contributed by atoms with E-state index in [4.69, 9.17) is 18.0 Å². The van der Waals surface area contributed by atoms with Crippen LogP contribution < -0.4 is 21.9 Å². The summed E-state index contributed by atoms with van der Waals surface area (Å²) in [6.45, 7) is 7.43. The zero-order valence-corrected chi connectivity index (χ0v) is 20.8. The number of rotatable bonds is 6. The highest BCUT2D eigenvalue weighted by Gasteiger charge is 2.02. The highest BCUT2D eigenvalue weighted by molar-refractivity contribution is 7.10. The zero-order valence-electron chi connectivity index (χ0n) is 20.0. The molecule has 0 bridgehead atoms. The Kier molecular flexibility index (Phi) is 12.0. The number of allylic oxidation sites excluding steroid dienone is 1. The number of nitrogens with one attached hydrogen (secondary N) is 1. The smallest absolute Gasteiger partial charge is 0.0930 e. The summed E-state index contributed by atoms with van der Waals surface area (Å²) < 4.78 is 0. The van der Waals surface area contributed by atoms with Gasteiger partial charge in [0.15, 0.2) is 0 Å². The molecule has 5 N–H and O–H groups in total. The van der Waals surface area contributed by atoms with Gasteiger partial charge in [-0.1, -0.05) is 42.8 Å². The van der Waals surface area contributed by atoms with Gasteiger partial charge in [0.1, 0.15) is 0 Å². The zero-order chi connectivity index (χ0) is 24.8. The average molecular weight is 462 g/mol. The summed E-state index contributed by atoms with van der Waals surface area (Å²) in [6, 6.07) is 17.7. The first-order valence-electron chi connectivity index (χ1n) is 10.4. The number of para-hydroxylation sites is 2. The van der Waals surface area contributed by atoms with Gasteiger partial charge in [0.25, 0.3) is 0 Å². The van der Waals surface area contributed by atoms with E-state index >= 15 is 0 Å². The van der Waals surface area contributed by atoms with E-state index in [1.54, 1.807) is 18.4 Å². The monoisotopic (exact) mass is 461 g/mol. The van der Waals surface area contributed by atoms with Gasteiger partial charge in [-0.25, -0.2) is 5.84 Å². The predicted molar refractivity (Wildman–Crippen MR) is 147 cm³/mol. The number of hydrazine groups is 1. The van der Waals surface area contributed by atoms with E-state index in [0.717, 1.165) is 23.5 Å². The first-order valence-corrected chi connectivity index (χ1v) is 11.2. The first-order chi connectivity index (χ1) is 15.7. The van der Waals surface area contributed by atoms with E-state index in [-0.39, 0.29) is 0 Å². The third-order valence-electron chi connectivity index (χ3n) is 4.51. The van der Waals surface area contributed by atoms with Crippen LogP contribution in [0.5, 0.6) is 0 Å². The van der Waals surface area contributed by atoms with E-state index in [9.17, 15) is 0 Å². The van der Waals surface area contributed by atoms with Crippen LogP contribution in [-0.2, 0) is 6.42 Å². The average Bonchev–Trinajstić information content (AvgIpc) is 3.28. The van der Waals surface area contributed by atoms with Gasteiger partial charge in [0.05, 0.1) is 17.2 Å². The molecule has 0 radical (unpaired) electrons. The third-order valence-corrected chi connectivity index (χ3v) is 5.47. The summed E-state index contributed by atoms with van der Waals surface area (Å²) >= 11 is 1.76. The van der Waals surface area contributed by atoms with Crippen molar-refractivity contribution in [3.8, 4) is 23.5 Å². The molecular formula is C27H35N5S. The van der Waals surface area contributed by atoms with Crippen molar-refractivity contribution in [2.75, 3.05) is 38.9 Å². The summed E-state index contributed by atoms with van der Waals surface area (Å²) in [5.41, 5.74) is 10.5. The minimum absolute atomic E-state index is 0.701. The molecule has 0 fully saturated rings. The van der Waals surface area contributed by atoms with Crippen LogP contribution in [0, 0.1) is 12.3 Å². The molecule has 0 spiro atoms. The molecule has 0 amide bonds. The van der Waals surface area contributed by atoms with Gasteiger partial charge in [-0.2, -0.15) is 0 Å². The molecular weight excluding hydrogens is 426 g/mol. The Bertz CT molecular complexity index is 1060. The van der Waals surface area contributed by atoms with Crippen LogP contribution in [0.1, 0.15) is 10.4 Å². The molecule has 0 aliphatic rings. The first kappa shape index (κ1) is 27.4. The highest BCUT2D eigenvalue weighted by Crippen LogP contribution is 2.26. The number of anilines is 2. The van der Waals surface area contributed by atoms with Crippen molar-refractivity contribution >= 4 is 22.7 Å². The maximum atomic E-state index is 5.60. The molecule has 174 valence electrons. The van der Waals surface area contributed by atoms with E-state index in [0.29, 0.717) is 5.69 Å². The largest absolute Gasteiger partial charge is 0.397 e. The Morgan fingerprint density at radius 3 is 2.30 bits per heavy atom. The number of hydrogen-bond acceptors (Lipinski definition) is 6. The van der Waals surface area contributed by atoms with E-state index in [2.05, 4.69) is 41.9 Å². The van der Waals surface area contributed by atoms with Crippen LogP contribution in [0.4, 0.5) is 11.4 Å². The van der Waals surface area contributed by atoms with Gasteiger partial charge in [-0.3, -0.25) is 0 Å².